The molecule has 2 aromatic carbocycles. The second-order valence-corrected chi connectivity index (χ2v) is 8.28. The SMILES string of the molecule is O=C(NCCCN1CCN(C(=O)c2ccc(F)cc2F)CC1)N1CCc2ccccc2C1. The number of hydrogen-bond acceptors (Lipinski definition) is 3. The molecule has 6 nitrogen and oxygen atoms in total. The average molecular weight is 443 g/mol. The van der Waals surface area contributed by atoms with E-state index in [4.69, 9.17) is 0 Å². The maximum atomic E-state index is 13.9. The Morgan fingerprint density at radius 2 is 1.66 bits per heavy atom. The third-order valence-electron chi connectivity index (χ3n) is 6.17. The van der Waals surface area contributed by atoms with Crippen LogP contribution < -0.4 is 5.32 Å². The summed E-state index contributed by atoms with van der Waals surface area (Å²) in [5, 5.41) is 3.01. The lowest BCUT2D eigenvalue weighted by Crippen LogP contribution is -2.49. The van der Waals surface area contributed by atoms with E-state index in [1.807, 2.05) is 17.0 Å². The van der Waals surface area contributed by atoms with Gasteiger partial charge in [-0.1, -0.05) is 24.3 Å². The van der Waals surface area contributed by atoms with Gasteiger partial charge in [0.15, 0.2) is 0 Å². The zero-order valence-electron chi connectivity index (χ0n) is 18.0. The number of hydrogen-bond donors (Lipinski definition) is 1. The predicted molar refractivity (Wildman–Crippen MR) is 117 cm³/mol. The summed E-state index contributed by atoms with van der Waals surface area (Å²) in [7, 11) is 0. The van der Waals surface area contributed by atoms with Gasteiger partial charge in [-0.05, 0) is 42.6 Å². The van der Waals surface area contributed by atoms with Gasteiger partial charge < -0.3 is 15.1 Å². The monoisotopic (exact) mass is 442 g/mol. The molecule has 0 saturated carbocycles. The molecule has 2 aliphatic rings. The number of benzene rings is 2. The third kappa shape index (κ3) is 5.24. The zero-order valence-corrected chi connectivity index (χ0v) is 18.0. The maximum absolute atomic E-state index is 13.9. The van der Waals surface area contributed by atoms with Gasteiger partial charge >= 0.3 is 6.03 Å². The zero-order chi connectivity index (χ0) is 22.5. The molecule has 0 aromatic heterocycles. The molecule has 2 aliphatic heterocycles. The highest BCUT2D eigenvalue weighted by Crippen LogP contribution is 2.18. The van der Waals surface area contributed by atoms with Crippen LogP contribution in [0.5, 0.6) is 0 Å². The Bertz CT molecular complexity index is 976. The summed E-state index contributed by atoms with van der Waals surface area (Å²) in [4.78, 5) is 30.6. The molecule has 3 amide bonds. The summed E-state index contributed by atoms with van der Waals surface area (Å²) >= 11 is 0. The highest BCUT2D eigenvalue weighted by Gasteiger charge is 2.24. The topological polar surface area (TPSA) is 55.9 Å². The quantitative estimate of drug-likeness (QED) is 0.725. The molecule has 0 radical (unpaired) electrons. The Morgan fingerprint density at radius 1 is 0.906 bits per heavy atom. The minimum atomic E-state index is -0.828. The van der Waals surface area contributed by atoms with Crippen molar-refractivity contribution in [3.05, 3.63) is 70.8 Å². The van der Waals surface area contributed by atoms with E-state index in [2.05, 4.69) is 22.3 Å². The van der Waals surface area contributed by atoms with Gasteiger partial charge in [0.2, 0.25) is 0 Å². The minimum absolute atomic E-state index is 0.0313. The largest absolute Gasteiger partial charge is 0.338 e. The van der Waals surface area contributed by atoms with Gasteiger partial charge in [-0.3, -0.25) is 9.69 Å². The number of fused-ring (bicyclic) bond motifs is 1. The van der Waals surface area contributed by atoms with Crippen molar-refractivity contribution in [2.45, 2.75) is 19.4 Å². The van der Waals surface area contributed by atoms with Crippen LogP contribution in [0.2, 0.25) is 0 Å². The van der Waals surface area contributed by atoms with Crippen molar-refractivity contribution in [2.75, 3.05) is 45.8 Å². The van der Waals surface area contributed by atoms with E-state index in [0.717, 1.165) is 38.1 Å². The van der Waals surface area contributed by atoms with E-state index in [1.54, 1.807) is 4.90 Å². The lowest BCUT2D eigenvalue weighted by Gasteiger charge is -2.35. The number of nitrogens with zero attached hydrogens (tertiary/aromatic N) is 3. The van der Waals surface area contributed by atoms with E-state index < -0.39 is 17.5 Å². The first-order chi connectivity index (χ1) is 15.5. The maximum Gasteiger partial charge on any atom is 0.317 e. The van der Waals surface area contributed by atoms with E-state index in [-0.39, 0.29) is 11.6 Å². The fourth-order valence-electron chi connectivity index (χ4n) is 4.29. The first-order valence-corrected chi connectivity index (χ1v) is 11.1. The fourth-order valence-corrected chi connectivity index (χ4v) is 4.29. The summed E-state index contributed by atoms with van der Waals surface area (Å²) in [6, 6.07) is 11.2. The normalized spacial score (nSPS) is 16.6. The number of carbonyl (C=O) groups excluding carboxylic acids is 2. The van der Waals surface area contributed by atoms with Crippen LogP contribution in [-0.2, 0) is 13.0 Å². The van der Waals surface area contributed by atoms with Crippen molar-refractivity contribution in [3.63, 3.8) is 0 Å². The van der Waals surface area contributed by atoms with Crippen LogP contribution in [0.3, 0.4) is 0 Å². The highest BCUT2D eigenvalue weighted by molar-refractivity contribution is 5.94. The molecule has 2 aromatic rings. The summed E-state index contributed by atoms with van der Waals surface area (Å²) in [5.74, 6) is -1.93. The Hall–Kier alpha value is -3.00. The molecule has 1 fully saturated rings. The van der Waals surface area contributed by atoms with E-state index in [0.29, 0.717) is 39.3 Å². The Kier molecular flexibility index (Phi) is 6.99. The van der Waals surface area contributed by atoms with Crippen molar-refractivity contribution in [3.8, 4) is 0 Å². The second-order valence-electron chi connectivity index (χ2n) is 8.28. The van der Waals surface area contributed by atoms with Gasteiger partial charge in [-0.25, -0.2) is 13.6 Å². The van der Waals surface area contributed by atoms with Crippen molar-refractivity contribution in [2.24, 2.45) is 0 Å². The lowest BCUT2D eigenvalue weighted by atomic mass is 10.0. The summed E-state index contributed by atoms with van der Waals surface area (Å²) in [5.41, 5.74) is 2.43. The highest BCUT2D eigenvalue weighted by atomic mass is 19.1. The van der Waals surface area contributed by atoms with E-state index in [9.17, 15) is 18.4 Å². The molecule has 0 aliphatic carbocycles. The molecule has 170 valence electrons. The lowest BCUT2D eigenvalue weighted by molar-refractivity contribution is 0.0631. The number of nitrogens with one attached hydrogen (secondary N) is 1. The van der Waals surface area contributed by atoms with Crippen LogP contribution in [0.1, 0.15) is 27.9 Å². The Balaban J connectivity index is 1.15. The van der Waals surface area contributed by atoms with E-state index >= 15 is 0 Å². The van der Waals surface area contributed by atoms with Crippen molar-refractivity contribution in [1.29, 1.82) is 0 Å². The van der Waals surface area contributed by atoms with Crippen LogP contribution >= 0.6 is 0 Å². The fraction of sp³-hybridized carbons (Fsp3) is 0.417. The van der Waals surface area contributed by atoms with Gasteiger partial charge in [0, 0.05) is 51.9 Å². The smallest absolute Gasteiger partial charge is 0.317 e. The van der Waals surface area contributed by atoms with Crippen LogP contribution in [-0.4, -0.2) is 72.5 Å². The molecule has 4 rings (SSSR count). The number of rotatable bonds is 5. The van der Waals surface area contributed by atoms with Crippen LogP contribution in [0, 0.1) is 11.6 Å². The Labute approximate surface area is 186 Å². The Morgan fingerprint density at radius 3 is 2.41 bits per heavy atom. The average Bonchev–Trinajstić information content (AvgIpc) is 2.81. The summed E-state index contributed by atoms with van der Waals surface area (Å²) in [6.45, 7) is 5.15. The molecule has 8 heteroatoms. The number of amides is 3. The van der Waals surface area contributed by atoms with Crippen molar-refractivity contribution in [1.82, 2.24) is 20.0 Å². The van der Waals surface area contributed by atoms with Crippen molar-refractivity contribution < 1.29 is 18.4 Å². The molecule has 32 heavy (non-hydrogen) atoms. The van der Waals surface area contributed by atoms with Gasteiger partial charge in [-0.15, -0.1) is 0 Å². The molecule has 0 unspecified atom stereocenters. The number of carbonyl (C=O) groups is 2. The standard InChI is InChI=1S/C24H28F2N4O2/c25-20-6-7-21(22(26)16-20)23(31)29-14-12-28(13-15-29)10-3-9-27-24(32)30-11-8-18-4-1-2-5-19(18)17-30/h1-2,4-7,16H,3,8-15,17H2,(H,27,32). The summed E-state index contributed by atoms with van der Waals surface area (Å²) < 4.78 is 26.9. The van der Waals surface area contributed by atoms with E-state index in [1.165, 1.54) is 17.2 Å². The van der Waals surface area contributed by atoms with Gasteiger partial charge in [0.1, 0.15) is 11.6 Å². The molecule has 0 spiro atoms. The molecule has 1 N–H and O–H groups in total. The predicted octanol–water partition coefficient (Wildman–Crippen LogP) is 2.88. The molecular weight excluding hydrogens is 414 g/mol. The van der Waals surface area contributed by atoms with Gasteiger partial charge in [0.05, 0.1) is 5.56 Å². The van der Waals surface area contributed by atoms with Crippen molar-refractivity contribution >= 4 is 11.9 Å². The molecular formula is C24H28F2N4O2. The molecule has 0 atom stereocenters. The second kappa shape index (κ2) is 10.1. The van der Waals surface area contributed by atoms with Crippen LogP contribution in [0.25, 0.3) is 0 Å². The van der Waals surface area contributed by atoms with Gasteiger partial charge in [0.25, 0.3) is 5.91 Å². The minimum Gasteiger partial charge on any atom is -0.338 e. The first kappa shape index (κ1) is 22.2. The molecule has 1 saturated heterocycles. The number of halogens is 2. The third-order valence-corrected chi connectivity index (χ3v) is 6.17. The summed E-state index contributed by atoms with van der Waals surface area (Å²) in [6.07, 6.45) is 1.70. The number of urea groups is 1. The van der Waals surface area contributed by atoms with Gasteiger partial charge in [-0.2, -0.15) is 0 Å². The number of piperazine rings is 1. The van der Waals surface area contributed by atoms with Crippen LogP contribution in [0.4, 0.5) is 13.6 Å². The molecule has 2 heterocycles. The molecule has 0 bridgehead atoms. The first-order valence-electron chi connectivity index (χ1n) is 11.1. The van der Waals surface area contributed by atoms with Crippen LogP contribution in [0.15, 0.2) is 42.5 Å².